The Bertz CT molecular complexity index is 1210. The molecule has 0 aliphatic carbocycles. The number of anilines is 1. The molecule has 6 heteroatoms. The zero-order valence-corrected chi connectivity index (χ0v) is 20.7. The molecular weight excluding hydrogens is 448 g/mol. The van der Waals surface area contributed by atoms with Crippen molar-refractivity contribution in [3.8, 4) is 0 Å². The molecule has 0 spiro atoms. The van der Waals surface area contributed by atoms with Crippen LogP contribution in [0.1, 0.15) is 35.3 Å². The summed E-state index contributed by atoms with van der Waals surface area (Å²) in [4.78, 5) is 28.0. The van der Waals surface area contributed by atoms with Crippen molar-refractivity contribution in [1.29, 1.82) is 0 Å². The van der Waals surface area contributed by atoms with Gasteiger partial charge < -0.3 is 10.2 Å². The monoisotopic (exact) mass is 480 g/mol. The molecule has 6 nitrogen and oxygen atoms in total. The van der Waals surface area contributed by atoms with Crippen molar-refractivity contribution in [2.24, 2.45) is 0 Å². The predicted octanol–water partition coefficient (Wildman–Crippen LogP) is 5.15. The molecule has 0 aromatic heterocycles. The maximum Gasteiger partial charge on any atom is 0.286 e. The zero-order chi connectivity index (χ0) is 25.8. The first-order valence-corrected chi connectivity index (χ1v) is 11.9. The number of allylic oxidation sites excluding steroid dienone is 1. The van der Waals surface area contributed by atoms with Gasteiger partial charge in [0.15, 0.2) is 0 Å². The van der Waals surface area contributed by atoms with Crippen LogP contribution >= 0.6 is 0 Å². The highest BCUT2D eigenvalue weighted by atomic mass is 16.2. The van der Waals surface area contributed by atoms with E-state index in [-0.39, 0.29) is 11.6 Å². The highest BCUT2D eigenvalue weighted by Crippen LogP contribution is 2.16. The van der Waals surface area contributed by atoms with Gasteiger partial charge in [0, 0.05) is 30.0 Å². The van der Waals surface area contributed by atoms with E-state index in [1.165, 1.54) is 0 Å². The summed E-state index contributed by atoms with van der Waals surface area (Å²) in [5, 5.41) is 2.73. The van der Waals surface area contributed by atoms with Gasteiger partial charge in [-0.2, -0.15) is 0 Å². The third-order valence-electron chi connectivity index (χ3n) is 5.47. The molecule has 0 atom stereocenters. The summed E-state index contributed by atoms with van der Waals surface area (Å²) in [7, 11) is 0. The highest BCUT2D eigenvalue weighted by Gasteiger charge is 2.15. The summed E-state index contributed by atoms with van der Waals surface area (Å²) in [5.74, 6) is -0.874. The summed E-state index contributed by atoms with van der Waals surface area (Å²) in [6, 6.07) is 26.4. The van der Waals surface area contributed by atoms with Crippen LogP contribution in [0.15, 0.2) is 109 Å². The number of nitrogens with one attached hydrogen (secondary N) is 3. The van der Waals surface area contributed by atoms with E-state index in [0.29, 0.717) is 11.3 Å². The Kier molecular flexibility index (Phi) is 9.65. The fourth-order valence-corrected chi connectivity index (χ4v) is 3.49. The fourth-order valence-electron chi connectivity index (χ4n) is 3.49. The quantitative estimate of drug-likeness (QED) is 0.202. The second-order valence-electron chi connectivity index (χ2n) is 7.99. The number of hydrogen-bond donors (Lipinski definition) is 3. The van der Waals surface area contributed by atoms with Crippen LogP contribution in [0.3, 0.4) is 0 Å². The number of rotatable bonds is 11. The van der Waals surface area contributed by atoms with Crippen LogP contribution < -0.4 is 21.1 Å². The molecule has 0 aliphatic heterocycles. The minimum Gasteiger partial charge on any atom is -0.372 e. The molecule has 0 bridgehead atoms. The number of carbonyl (C=O) groups is 2. The standard InChI is InChI=1S/C30H32N4O2/c1-4-34(5-2)27-20-18-25(19-21-27)22-28(31-29(35)26-14-10-7-11-15-26)30(36)33-32-23(3)16-17-24-12-8-6-9-13-24/h6-22,32H,3-5H2,1-2H3,(H,31,35)(H,33,36). The van der Waals surface area contributed by atoms with E-state index in [1.807, 2.05) is 66.7 Å². The molecule has 2 amide bonds. The lowest BCUT2D eigenvalue weighted by Crippen LogP contribution is -2.41. The van der Waals surface area contributed by atoms with Crippen molar-refractivity contribution >= 4 is 29.7 Å². The molecule has 0 unspecified atom stereocenters. The normalized spacial score (nSPS) is 11.1. The lowest BCUT2D eigenvalue weighted by molar-refractivity contribution is -0.118. The third kappa shape index (κ3) is 7.74. The summed E-state index contributed by atoms with van der Waals surface area (Å²) < 4.78 is 0. The predicted molar refractivity (Wildman–Crippen MR) is 148 cm³/mol. The van der Waals surface area contributed by atoms with Gasteiger partial charge in [0.05, 0.1) is 0 Å². The van der Waals surface area contributed by atoms with Gasteiger partial charge >= 0.3 is 0 Å². The number of nitrogens with zero attached hydrogens (tertiary/aromatic N) is 1. The topological polar surface area (TPSA) is 73.5 Å². The first-order valence-electron chi connectivity index (χ1n) is 11.9. The van der Waals surface area contributed by atoms with Crippen molar-refractivity contribution in [3.63, 3.8) is 0 Å². The van der Waals surface area contributed by atoms with Crippen molar-refractivity contribution in [1.82, 2.24) is 16.2 Å². The first kappa shape index (κ1) is 26.0. The first-order chi connectivity index (χ1) is 17.5. The van der Waals surface area contributed by atoms with Gasteiger partial charge in [-0.05, 0) is 61.4 Å². The molecule has 0 heterocycles. The van der Waals surface area contributed by atoms with Crippen molar-refractivity contribution in [2.75, 3.05) is 18.0 Å². The molecule has 0 radical (unpaired) electrons. The van der Waals surface area contributed by atoms with Gasteiger partial charge in [-0.15, -0.1) is 0 Å². The number of hydrogen-bond acceptors (Lipinski definition) is 4. The second-order valence-corrected chi connectivity index (χ2v) is 7.99. The van der Waals surface area contributed by atoms with E-state index in [1.54, 1.807) is 36.4 Å². The Morgan fingerprint density at radius 2 is 1.42 bits per heavy atom. The van der Waals surface area contributed by atoms with Gasteiger partial charge in [0.25, 0.3) is 11.8 Å². The van der Waals surface area contributed by atoms with Gasteiger partial charge in [-0.3, -0.25) is 20.4 Å². The van der Waals surface area contributed by atoms with Crippen LogP contribution in [0.2, 0.25) is 0 Å². The molecule has 3 N–H and O–H groups in total. The molecular formula is C30H32N4O2. The Morgan fingerprint density at radius 3 is 2.03 bits per heavy atom. The van der Waals surface area contributed by atoms with Gasteiger partial charge in [0.2, 0.25) is 0 Å². The maximum atomic E-state index is 13.0. The average molecular weight is 481 g/mol. The summed E-state index contributed by atoms with van der Waals surface area (Å²) in [6.45, 7) is 9.93. The van der Waals surface area contributed by atoms with E-state index in [2.05, 4.69) is 41.5 Å². The minimum atomic E-state index is -0.499. The molecule has 184 valence electrons. The highest BCUT2D eigenvalue weighted by molar-refractivity contribution is 6.05. The molecule has 3 aromatic rings. The van der Waals surface area contributed by atoms with Crippen LogP contribution in [-0.4, -0.2) is 24.9 Å². The second kappa shape index (κ2) is 13.3. The van der Waals surface area contributed by atoms with E-state index in [9.17, 15) is 9.59 Å². The van der Waals surface area contributed by atoms with E-state index < -0.39 is 5.91 Å². The Labute approximate surface area is 213 Å². The molecule has 36 heavy (non-hydrogen) atoms. The van der Waals surface area contributed by atoms with Crippen LogP contribution in [0.5, 0.6) is 0 Å². The van der Waals surface area contributed by atoms with E-state index in [0.717, 1.165) is 29.9 Å². The molecule has 0 fully saturated rings. The summed E-state index contributed by atoms with van der Waals surface area (Å²) >= 11 is 0. The van der Waals surface area contributed by atoms with Crippen LogP contribution in [0.4, 0.5) is 5.69 Å². The molecule has 0 aliphatic rings. The van der Waals surface area contributed by atoms with Crippen LogP contribution in [-0.2, 0) is 4.79 Å². The van der Waals surface area contributed by atoms with E-state index >= 15 is 0 Å². The number of amides is 2. The lowest BCUT2D eigenvalue weighted by Gasteiger charge is -2.21. The summed E-state index contributed by atoms with van der Waals surface area (Å²) in [6.07, 6.45) is 5.28. The Hall–Kier alpha value is -4.58. The molecule has 3 aromatic carbocycles. The van der Waals surface area contributed by atoms with Gasteiger partial charge in [-0.1, -0.05) is 73.3 Å². The fraction of sp³-hybridized carbons (Fsp3) is 0.133. The number of benzene rings is 3. The minimum absolute atomic E-state index is 0.104. The van der Waals surface area contributed by atoms with Crippen LogP contribution in [0, 0.1) is 0 Å². The zero-order valence-electron chi connectivity index (χ0n) is 20.7. The lowest BCUT2D eigenvalue weighted by atomic mass is 10.1. The molecule has 3 rings (SSSR count). The largest absolute Gasteiger partial charge is 0.372 e. The number of hydrazine groups is 1. The Balaban J connectivity index is 1.75. The van der Waals surface area contributed by atoms with Crippen molar-refractivity contribution in [2.45, 2.75) is 13.8 Å². The molecule has 0 saturated carbocycles. The third-order valence-corrected chi connectivity index (χ3v) is 5.47. The van der Waals surface area contributed by atoms with Crippen LogP contribution in [0.25, 0.3) is 12.2 Å². The smallest absolute Gasteiger partial charge is 0.286 e. The number of carbonyl (C=O) groups excluding carboxylic acids is 2. The average Bonchev–Trinajstić information content (AvgIpc) is 2.92. The van der Waals surface area contributed by atoms with Gasteiger partial charge in [-0.25, -0.2) is 0 Å². The van der Waals surface area contributed by atoms with Crippen molar-refractivity contribution in [3.05, 3.63) is 126 Å². The van der Waals surface area contributed by atoms with Crippen molar-refractivity contribution < 1.29 is 9.59 Å². The SMILES string of the molecule is C=C(C=Cc1ccccc1)NNC(=O)C(=Cc1ccc(N(CC)CC)cc1)NC(=O)c1ccccc1. The van der Waals surface area contributed by atoms with Gasteiger partial charge in [0.1, 0.15) is 5.70 Å². The summed E-state index contributed by atoms with van der Waals surface area (Å²) in [5.41, 5.74) is 9.34. The Morgan fingerprint density at radius 1 is 0.806 bits per heavy atom. The maximum absolute atomic E-state index is 13.0. The molecule has 0 saturated heterocycles. The van der Waals surface area contributed by atoms with E-state index in [4.69, 9.17) is 0 Å².